The van der Waals surface area contributed by atoms with Gasteiger partial charge in [-0.1, -0.05) is 0 Å². The van der Waals surface area contributed by atoms with Gasteiger partial charge in [-0.3, -0.25) is 4.79 Å². The lowest BCUT2D eigenvalue weighted by Gasteiger charge is -2.10. The van der Waals surface area contributed by atoms with Crippen LogP contribution in [0.25, 0.3) is 0 Å². The third kappa shape index (κ3) is 1.90. The summed E-state index contributed by atoms with van der Waals surface area (Å²) in [6.07, 6.45) is 0.779. The summed E-state index contributed by atoms with van der Waals surface area (Å²) >= 11 is 11.6. The van der Waals surface area contributed by atoms with Crippen LogP contribution in [0.1, 0.15) is 19.8 Å². The summed E-state index contributed by atoms with van der Waals surface area (Å²) in [5.41, 5.74) is -0.675. The van der Waals surface area contributed by atoms with Crippen LogP contribution in [0.3, 0.4) is 0 Å². The third-order valence-electron chi connectivity index (χ3n) is 2.28. The number of halogens is 2. The Morgan fingerprint density at radius 2 is 2.23 bits per heavy atom. The first-order chi connectivity index (χ1) is 5.94. The summed E-state index contributed by atoms with van der Waals surface area (Å²) in [6, 6.07) is 1.93. The van der Waals surface area contributed by atoms with Crippen molar-refractivity contribution in [2.75, 3.05) is 6.54 Å². The average Bonchev–Trinajstić information content (AvgIpc) is 2.53. The number of carbonyl (C=O) groups excluding carboxylic acids is 1. The maximum Gasteiger partial charge on any atom is 0.229 e. The van der Waals surface area contributed by atoms with Gasteiger partial charge in [-0.25, -0.2) is 0 Å². The lowest BCUT2D eigenvalue weighted by molar-refractivity contribution is -0.125. The quantitative estimate of drug-likeness (QED) is 0.581. The molecule has 13 heavy (non-hydrogen) atoms. The standard InChI is InChI=1S/C8H10Cl2N2O/c1-7(5-8(7,9)10)6(13)12-4-2-3-11/h2,4-5H2,1H3,(H,12,13). The minimum atomic E-state index is -0.927. The van der Waals surface area contributed by atoms with Gasteiger partial charge in [0, 0.05) is 6.54 Å². The first kappa shape index (κ1) is 10.6. The molecule has 1 fully saturated rings. The molecule has 0 aromatic carbocycles. The van der Waals surface area contributed by atoms with Crippen molar-refractivity contribution < 1.29 is 4.79 Å². The number of carbonyl (C=O) groups is 1. The van der Waals surface area contributed by atoms with E-state index in [2.05, 4.69) is 5.32 Å². The molecule has 0 aromatic rings. The Labute approximate surface area is 87.0 Å². The maximum absolute atomic E-state index is 11.4. The average molecular weight is 221 g/mol. The lowest BCUT2D eigenvalue weighted by Crippen LogP contribution is -2.33. The normalized spacial score (nSPS) is 29.1. The van der Waals surface area contributed by atoms with E-state index in [0.29, 0.717) is 19.4 Å². The van der Waals surface area contributed by atoms with Crippen LogP contribution in [0.2, 0.25) is 0 Å². The van der Waals surface area contributed by atoms with E-state index in [4.69, 9.17) is 28.5 Å². The van der Waals surface area contributed by atoms with Crippen LogP contribution in [0.5, 0.6) is 0 Å². The molecule has 0 aromatic heterocycles. The van der Waals surface area contributed by atoms with Gasteiger partial charge in [-0.05, 0) is 13.3 Å². The molecule has 1 unspecified atom stereocenters. The van der Waals surface area contributed by atoms with Crippen LogP contribution in [0, 0.1) is 16.7 Å². The first-order valence-corrected chi connectivity index (χ1v) is 4.73. The van der Waals surface area contributed by atoms with Gasteiger partial charge in [0.2, 0.25) is 5.91 Å². The number of rotatable bonds is 3. The van der Waals surface area contributed by atoms with Crippen LogP contribution < -0.4 is 5.32 Å². The zero-order valence-electron chi connectivity index (χ0n) is 7.23. The summed E-state index contributed by atoms with van der Waals surface area (Å²) < 4.78 is -0.927. The number of alkyl halides is 2. The van der Waals surface area contributed by atoms with Crippen molar-refractivity contribution >= 4 is 29.1 Å². The Balaban J connectivity index is 2.39. The molecule has 0 aliphatic heterocycles. The number of amides is 1. The topological polar surface area (TPSA) is 52.9 Å². The molecule has 0 radical (unpaired) electrons. The van der Waals surface area contributed by atoms with Crippen LogP contribution in [-0.4, -0.2) is 16.8 Å². The highest BCUT2D eigenvalue weighted by Gasteiger charge is 2.67. The molecule has 0 bridgehead atoms. The minimum Gasteiger partial charge on any atom is -0.354 e. The molecule has 1 amide bonds. The van der Waals surface area contributed by atoms with Gasteiger partial charge in [-0.15, -0.1) is 23.2 Å². The van der Waals surface area contributed by atoms with Crippen molar-refractivity contribution in [3.05, 3.63) is 0 Å². The number of nitriles is 1. The van der Waals surface area contributed by atoms with E-state index in [1.807, 2.05) is 6.07 Å². The molecule has 3 nitrogen and oxygen atoms in total. The summed E-state index contributed by atoms with van der Waals surface area (Å²) in [7, 11) is 0. The number of hydrogen-bond acceptors (Lipinski definition) is 2. The van der Waals surface area contributed by atoms with Gasteiger partial charge in [0.05, 0.1) is 17.9 Å². The molecule has 0 spiro atoms. The molecule has 1 aliphatic rings. The predicted octanol–water partition coefficient (Wildman–Crippen LogP) is 1.60. The highest BCUT2D eigenvalue weighted by Crippen LogP contribution is 2.63. The van der Waals surface area contributed by atoms with E-state index in [-0.39, 0.29) is 5.91 Å². The zero-order valence-corrected chi connectivity index (χ0v) is 8.74. The first-order valence-electron chi connectivity index (χ1n) is 3.97. The van der Waals surface area contributed by atoms with E-state index in [1.54, 1.807) is 6.92 Å². The number of nitrogens with zero attached hydrogens (tertiary/aromatic N) is 1. The highest BCUT2D eigenvalue weighted by molar-refractivity contribution is 6.53. The van der Waals surface area contributed by atoms with Crippen molar-refractivity contribution in [3.63, 3.8) is 0 Å². The number of hydrogen-bond donors (Lipinski definition) is 1. The summed E-state index contributed by atoms with van der Waals surface area (Å²) in [5, 5.41) is 10.9. The van der Waals surface area contributed by atoms with E-state index in [1.165, 1.54) is 0 Å². The van der Waals surface area contributed by atoms with Gasteiger partial charge >= 0.3 is 0 Å². The lowest BCUT2D eigenvalue weighted by atomic mass is 10.1. The minimum absolute atomic E-state index is 0.173. The fourth-order valence-corrected chi connectivity index (χ4v) is 1.78. The number of nitrogens with one attached hydrogen (secondary N) is 1. The molecule has 0 heterocycles. The van der Waals surface area contributed by atoms with E-state index < -0.39 is 9.75 Å². The Hall–Kier alpha value is -0.460. The van der Waals surface area contributed by atoms with Crippen molar-refractivity contribution in [3.8, 4) is 6.07 Å². The van der Waals surface area contributed by atoms with Crippen LogP contribution in [0.4, 0.5) is 0 Å². The zero-order chi connectivity index (χ0) is 10.1. The molecule has 1 aliphatic carbocycles. The van der Waals surface area contributed by atoms with E-state index in [0.717, 1.165) is 0 Å². The molecule has 5 heteroatoms. The van der Waals surface area contributed by atoms with Gasteiger partial charge < -0.3 is 5.32 Å². The van der Waals surface area contributed by atoms with Crippen LogP contribution in [-0.2, 0) is 4.79 Å². The molecular weight excluding hydrogens is 211 g/mol. The van der Waals surface area contributed by atoms with Gasteiger partial charge in [0.25, 0.3) is 0 Å². The van der Waals surface area contributed by atoms with E-state index in [9.17, 15) is 4.79 Å². The predicted molar refractivity (Wildman–Crippen MR) is 50.4 cm³/mol. The largest absolute Gasteiger partial charge is 0.354 e. The molecule has 1 rings (SSSR count). The van der Waals surface area contributed by atoms with Crippen molar-refractivity contribution in [2.24, 2.45) is 5.41 Å². The monoisotopic (exact) mass is 220 g/mol. The van der Waals surface area contributed by atoms with Gasteiger partial charge in [0.1, 0.15) is 4.33 Å². The van der Waals surface area contributed by atoms with Gasteiger partial charge in [0.15, 0.2) is 0 Å². The Morgan fingerprint density at radius 1 is 1.69 bits per heavy atom. The molecular formula is C8H10Cl2N2O. The maximum atomic E-state index is 11.4. The SMILES string of the molecule is CC1(C(=O)NCCC#N)CC1(Cl)Cl. The Kier molecular flexibility index (Phi) is 2.74. The Bertz CT molecular complexity index is 272. The van der Waals surface area contributed by atoms with E-state index >= 15 is 0 Å². The molecule has 72 valence electrons. The molecule has 1 N–H and O–H groups in total. The second-order valence-corrected chi connectivity index (χ2v) is 4.86. The summed E-state index contributed by atoms with van der Waals surface area (Å²) in [6.45, 7) is 2.07. The fraction of sp³-hybridized carbons (Fsp3) is 0.750. The van der Waals surface area contributed by atoms with Crippen LogP contribution >= 0.6 is 23.2 Å². The molecule has 0 saturated heterocycles. The fourth-order valence-electron chi connectivity index (χ4n) is 1.07. The van der Waals surface area contributed by atoms with Crippen molar-refractivity contribution in [1.82, 2.24) is 5.32 Å². The summed E-state index contributed by atoms with van der Waals surface area (Å²) in [4.78, 5) is 11.4. The third-order valence-corrected chi connectivity index (χ3v) is 3.38. The summed E-state index contributed by atoms with van der Waals surface area (Å²) in [5.74, 6) is -0.173. The molecule has 1 saturated carbocycles. The second-order valence-electron chi connectivity index (χ2n) is 3.38. The smallest absolute Gasteiger partial charge is 0.229 e. The van der Waals surface area contributed by atoms with Gasteiger partial charge in [-0.2, -0.15) is 5.26 Å². The highest BCUT2D eigenvalue weighted by atomic mass is 35.5. The van der Waals surface area contributed by atoms with Crippen LogP contribution in [0.15, 0.2) is 0 Å². The molecule has 1 atom stereocenters. The Morgan fingerprint density at radius 3 is 2.62 bits per heavy atom. The van der Waals surface area contributed by atoms with Crippen molar-refractivity contribution in [1.29, 1.82) is 5.26 Å². The second kappa shape index (κ2) is 3.36. The van der Waals surface area contributed by atoms with Crippen molar-refractivity contribution in [2.45, 2.75) is 24.1 Å².